The van der Waals surface area contributed by atoms with Crippen molar-refractivity contribution >= 4 is 23.4 Å². The van der Waals surface area contributed by atoms with Crippen molar-refractivity contribution in [3.05, 3.63) is 102 Å². The van der Waals surface area contributed by atoms with Crippen LogP contribution in [-0.4, -0.2) is 32.5 Å². The normalized spacial score (nSPS) is 11.9. The van der Waals surface area contributed by atoms with Gasteiger partial charge in [0.2, 0.25) is 5.91 Å². The Hall–Kier alpha value is -3.58. The number of rotatable bonds is 9. The van der Waals surface area contributed by atoms with E-state index >= 15 is 0 Å². The molecule has 0 radical (unpaired) electrons. The van der Waals surface area contributed by atoms with Crippen LogP contribution in [0.2, 0.25) is 0 Å². The van der Waals surface area contributed by atoms with Crippen molar-refractivity contribution in [3.63, 3.8) is 0 Å². The summed E-state index contributed by atoms with van der Waals surface area (Å²) in [6.07, 6.45) is 0. The smallest absolute Gasteiger partial charge is 0.237 e. The number of carbonyl (C=O) groups excluding carboxylic acids is 1. The van der Waals surface area contributed by atoms with Crippen molar-refractivity contribution in [2.24, 2.45) is 7.05 Å². The summed E-state index contributed by atoms with van der Waals surface area (Å²) in [6.45, 7) is 4.41. The minimum absolute atomic E-state index is 0.0535. The molecule has 174 valence electrons. The number of nitrogens with one attached hydrogen (secondary N) is 1. The first-order valence-corrected chi connectivity index (χ1v) is 12.1. The Morgan fingerprint density at radius 1 is 0.941 bits per heavy atom. The molecule has 34 heavy (non-hydrogen) atoms. The van der Waals surface area contributed by atoms with E-state index in [-0.39, 0.29) is 17.1 Å². The Labute approximate surface area is 204 Å². The van der Waals surface area contributed by atoms with Crippen LogP contribution in [-0.2, 0) is 11.8 Å². The molecule has 0 aliphatic rings. The zero-order valence-corrected chi connectivity index (χ0v) is 20.3. The molecular weight excluding hydrogens is 444 g/mol. The number of aromatic nitrogens is 3. The van der Waals surface area contributed by atoms with E-state index in [0.29, 0.717) is 11.8 Å². The summed E-state index contributed by atoms with van der Waals surface area (Å²) >= 11 is 1.39. The van der Waals surface area contributed by atoms with Crippen LogP contribution in [0.25, 0.3) is 0 Å². The van der Waals surface area contributed by atoms with Crippen LogP contribution >= 0.6 is 11.8 Å². The van der Waals surface area contributed by atoms with Crippen LogP contribution in [0.4, 0.5) is 5.69 Å². The quantitative estimate of drug-likeness (QED) is 0.325. The highest BCUT2D eigenvalue weighted by Gasteiger charge is 2.25. The van der Waals surface area contributed by atoms with Crippen molar-refractivity contribution < 1.29 is 9.53 Å². The Kier molecular flexibility index (Phi) is 7.65. The third kappa shape index (κ3) is 5.48. The van der Waals surface area contributed by atoms with Gasteiger partial charge in [-0.3, -0.25) is 4.79 Å². The Morgan fingerprint density at radius 3 is 2.09 bits per heavy atom. The molecule has 0 spiro atoms. The lowest BCUT2D eigenvalue weighted by Crippen LogP contribution is -2.22. The van der Waals surface area contributed by atoms with E-state index in [2.05, 4.69) is 39.8 Å². The molecule has 4 aromatic rings. The number of carbonyl (C=O) groups is 1. The monoisotopic (exact) mass is 472 g/mol. The average molecular weight is 473 g/mol. The maximum absolute atomic E-state index is 12.8. The van der Waals surface area contributed by atoms with Crippen molar-refractivity contribution in [1.29, 1.82) is 0 Å². The summed E-state index contributed by atoms with van der Waals surface area (Å²) in [7, 11) is 1.95. The Balaban J connectivity index is 1.51. The first-order valence-electron chi connectivity index (χ1n) is 11.3. The van der Waals surface area contributed by atoms with E-state index in [1.807, 2.05) is 86.1 Å². The summed E-state index contributed by atoms with van der Waals surface area (Å²) < 4.78 is 7.44. The molecule has 1 aromatic heterocycles. The molecule has 0 aliphatic carbocycles. The summed E-state index contributed by atoms with van der Waals surface area (Å²) in [5.74, 6) is 1.46. The van der Waals surface area contributed by atoms with Gasteiger partial charge in [0.05, 0.1) is 17.8 Å². The van der Waals surface area contributed by atoms with Crippen LogP contribution in [0.15, 0.2) is 90.1 Å². The second-order valence-electron chi connectivity index (χ2n) is 7.86. The second-order valence-corrected chi connectivity index (χ2v) is 9.17. The number of ether oxygens (including phenoxy) is 1. The zero-order valence-electron chi connectivity index (χ0n) is 19.5. The number of hydrogen-bond donors (Lipinski definition) is 1. The van der Waals surface area contributed by atoms with Gasteiger partial charge < -0.3 is 14.6 Å². The highest BCUT2D eigenvalue weighted by Crippen LogP contribution is 2.33. The van der Waals surface area contributed by atoms with Crippen molar-refractivity contribution in [1.82, 2.24) is 14.8 Å². The zero-order chi connectivity index (χ0) is 23.9. The van der Waals surface area contributed by atoms with Gasteiger partial charge in [-0.25, -0.2) is 0 Å². The molecule has 7 heteroatoms. The predicted molar refractivity (Wildman–Crippen MR) is 136 cm³/mol. The van der Waals surface area contributed by atoms with Crippen LogP contribution in [0.3, 0.4) is 0 Å². The van der Waals surface area contributed by atoms with Crippen molar-refractivity contribution in [2.45, 2.75) is 30.2 Å². The molecule has 3 aromatic carbocycles. The molecule has 0 saturated heterocycles. The van der Waals surface area contributed by atoms with E-state index in [9.17, 15) is 4.79 Å². The maximum Gasteiger partial charge on any atom is 0.237 e. The molecule has 4 rings (SSSR count). The summed E-state index contributed by atoms with van der Waals surface area (Å²) in [6, 6.07) is 27.9. The van der Waals surface area contributed by atoms with Crippen molar-refractivity contribution in [2.75, 3.05) is 11.9 Å². The number of amides is 1. The molecule has 0 aliphatic heterocycles. The van der Waals surface area contributed by atoms with Crippen LogP contribution in [0, 0.1) is 0 Å². The Bertz CT molecular complexity index is 1170. The minimum Gasteiger partial charge on any atom is -0.494 e. The molecule has 1 atom stereocenters. The van der Waals surface area contributed by atoms with Gasteiger partial charge in [0, 0.05) is 12.7 Å². The fourth-order valence-corrected chi connectivity index (χ4v) is 4.54. The van der Waals surface area contributed by atoms with Gasteiger partial charge in [-0.15, -0.1) is 10.2 Å². The number of nitrogens with zero attached hydrogens (tertiary/aromatic N) is 3. The lowest BCUT2D eigenvalue weighted by atomic mass is 9.90. The minimum atomic E-state index is -0.353. The van der Waals surface area contributed by atoms with Gasteiger partial charge in [0.1, 0.15) is 11.6 Å². The van der Waals surface area contributed by atoms with Gasteiger partial charge in [-0.05, 0) is 49.2 Å². The highest BCUT2D eigenvalue weighted by molar-refractivity contribution is 8.00. The molecule has 0 unspecified atom stereocenters. The van der Waals surface area contributed by atoms with Gasteiger partial charge in [-0.2, -0.15) is 0 Å². The molecule has 6 nitrogen and oxygen atoms in total. The predicted octanol–water partition coefficient (Wildman–Crippen LogP) is 5.51. The van der Waals surface area contributed by atoms with Crippen molar-refractivity contribution in [3.8, 4) is 5.75 Å². The van der Waals surface area contributed by atoms with E-state index in [1.54, 1.807) is 0 Å². The molecule has 0 saturated carbocycles. The SMILES string of the molecule is CCOc1ccc(NC(=O)[C@@H](C)Sc2nnc(C(c3ccccc3)c3ccccc3)n2C)cc1. The maximum atomic E-state index is 12.8. The van der Waals surface area contributed by atoms with E-state index in [0.717, 1.165) is 28.4 Å². The summed E-state index contributed by atoms with van der Waals surface area (Å²) in [5, 5.41) is 12.3. The fourth-order valence-electron chi connectivity index (χ4n) is 3.72. The molecule has 1 heterocycles. The first-order chi connectivity index (χ1) is 16.6. The molecule has 0 fully saturated rings. The van der Waals surface area contributed by atoms with Crippen LogP contribution in [0.5, 0.6) is 5.75 Å². The highest BCUT2D eigenvalue weighted by atomic mass is 32.2. The summed E-state index contributed by atoms with van der Waals surface area (Å²) in [4.78, 5) is 12.8. The lowest BCUT2D eigenvalue weighted by molar-refractivity contribution is -0.115. The van der Waals surface area contributed by atoms with E-state index in [1.165, 1.54) is 11.8 Å². The number of anilines is 1. The van der Waals surface area contributed by atoms with E-state index < -0.39 is 0 Å². The topological polar surface area (TPSA) is 69.0 Å². The van der Waals surface area contributed by atoms with Gasteiger partial charge in [0.25, 0.3) is 0 Å². The largest absolute Gasteiger partial charge is 0.494 e. The average Bonchev–Trinajstić information content (AvgIpc) is 3.21. The van der Waals surface area contributed by atoms with Gasteiger partial charge >= 0.3 is 0 Å². The number of benzene rings is 3. The summed E-state index contributed by atoms with van der Waals surface area (Å²) in [5.41, 5.74) is 3.01. The number of thioether (sulfide) groups is 1. The van der Waals surface area contributed by atoms with Gasteiger partial charge in [0.15, 0.2) is 5.16 Å². The molecule has 1 amide bonds. The molecule has 1 N–H and O–H groups in total. The van der Waals surface area contributed by atoms with Crippen LogP contribution < -0.4 is 10.1 Å². The fraction of sp³-hybridized carbons (Fsp3) is 0.222. The molecular formula is C27H28N4O2S. The van der Waals surface area contributed by atoms with E-state index in [4.69, 9.17) is 4.74 Å². The molecule has 0 bridgehead atoms. The second kappa shape index (κ2) is 11.0. The van der Waals surface area contributed by atoms with Crippen LogP contribution in [0.1, 0.15) is 36.7 Å². The first kappa shape index (κ1) is 23.6. The standard InChI is InChI=1S/C27H28N4O2S/c1-4-33-23-17-15-22(16-18-23)28-26(32)19(2)34-27-30-29-25(31(27)3)24(20-11-7-5-8-12-20)21-13-9-6-10-14-21/h5-19,24H,4H2,1-3H3,(H,28,32)/t19-/m1/s1. The lowest BCUT2D eigenvalue weighted by Gasteiger charge is -2.18. The third-order valence-electron chi connectivity index (χ3n) is 5.48. The van der Waals surface area contributed by atoms with Gasteiger partial charge in [-0.1, -0.05) is 72.4 Å². The Morgan fingerprint density at radius 2 is 1.53 bits per heavy atom. The number of hydrogen-bond acceptors (Lipinski definition) is 5. The third-order valence-corrected chi connectivity index (χ3v) is 6.61.